The van der Waals surface area contributed by atoms with Gasteiger partial charge in [0.05, 0.1) is 12.7 Å². The number of nitrogens with zero attached hydrogens (tertiary/aromatic N) is 1. The van der Waals surface area contributed by atoms with Crippen LogP contribution in [0.2, 0.25) is 0 Å². The third kappa shape index (κ3) is 16.7. The molecule has 33 heavy (non-hydrogen) atoms. The zero-order chi connectivity index (χ0) is 26.7. The number of carbonyl (C=O) groups excluding carboxylic acids is 2. The van der Waals surface area contributed by atoms with Crippen molar-refractivity contribution in [2.45, 2.75) is 40.5 Å². The van der Waals surface area contributed by atoms with Crippen molar-refractivity contribution in [3.63, 3.8) is 0 Å². The molecule has 0 fully saturated rings. The highest BCUT2D eigenvalue weighted by Crippen LogP contribution is 2.46. The molecule has 0 heterocycles. The van der Waals surface area contributed by atoms with Crippen LogP contribution in [0.25, 0.3) is 0 Å². The smallest absolute Gasteiger partial charge is 0.227 e. The van der Waals surface area contributed by atoms with Crippen LogP contribution >= 0.6 is 14.3 Å². The highest BCUT2D eigenvalue weighted by Gasteiger charge is 2.33. The average Bonchev–Trinajstić information content (AvgIpc) is 2.84. The SMILES string of the molecule is CC#CCC(C)C(=O)N(C)CO.CC#CCC(C)C(=O)P(=O)(CO)CO.CP(=O)(CO)CO. The molecular weight excluding hydrogens is 472 g/mol. The van der Waals surface area contributed by atoms with Crippen molar-refractivity contribution in [3.8, 4) is 23.7 Å². The van der Waals surface area contributed by atoms with E-state index in [1.165, 1.54) is 11.6 Å². The molecule has 0 saturated heterocycles. The van der Waals surface area contributed by atoms with E-state index in [2.05, 4.69) is 23.7 Å². The summed E-state index contributed by atoms with van der Waals surface area (Å²) in [6.45, 7) is 7.90. The van der Waals surface area contributed by atoms with Crippen LogP contribution in [0.15, 0.2) is 0 Å². The fourth-order valence-electron chi connectivity index (χ4n) is 1.76. The van der Waals surface area contributed by atoms with Crippen LogP contribution in [0.3, 0.4) is 0 Å². The first-order valence-corrected chi connectivity index (χ1v) is 14.6. The lowest BCUT2D eigenvalue weighted by atomic mass is 10.1. The molecule has 5 N–H and O–H groups in total. The zero-order valence-electron chi connectivity index (χ0n) is 20.3. The van der Waals surface area contributed by atoms with E-state index in [1.54, 1.807) is 34.7 Å². The molecule has 12 heteroatoms. The summed E-state index contributed by atoms with van der Waals surface area (Å²) in [6, 6.07) is 0. The van der Waals surface area contributed by atoms with Crippen LogP contribution in [-0.2, 0) is 18.7 Å². The van der Waals surface area contributed by atoms with Crippen molar-refractivity contribution < 1.29 is 44.3 Å². The molecule has 2 atom stereocenters. The first-order valence-electron chi connectivity index (χ1n) is 10.0. The third-order valence-corrected chi connectivity index (χ3v) is 7.41. The molecule has 2 unspecified atom stereocenters. The number of carbonyl (C=O) groups is 2. The maximum Gasteiger partial charge on any atom is 0.227 e. The van der Waals surface area contributed by atoms with Gasteiger partial charge in [0.2, 0.25) is 5.91 Å². The van der Waals surface area contributed by atoms with E-state index in [-0.39, 0.29) is 18.6 Å². The maximum absolute atomic E-state index is 11.6. The summed E-state index contributed by atoms with van der Waals surface area (Å²) in [6.07, 6.45) is -1.48. The number of hydrogen-bond acceptors (Lipinski definition) is 9. The minimum absolute atomic E-state index is 0.0692. The molecule has 0 aromatic heterocycles. The summed E-state index contributed by atoms with van der Waals surface area (Å²) in [5.41, 5.74) is -0.578. The second-order valence-corrected chi connectivity index (χ2v) is 13.3. The largest absolute Gasteiger partial charge is 0.389 e. The highest BCUT2D eigenvalue weighted by atomic mass is 31.2. The quantitative estimate of drug-likeness (QED) is 0.164. The Morgan fingerprint density at radius 3 is 1.48 bits per heavy atom. The van der Waals surface area contributed by atoms with E-state index in [9.17, 15) is 18.7 Å². The Kier molecular flexibility index (Phi) is 21.8. The Labute approximate surface area is 197 Å². The zero-order valence-corrected chi connectivity index (χ0v) is 22.1. The van der Waals surface area contributed by atoms with Crippen LogP contribution in [0.4, 0.5) is 0 Å². The maximum atomic E-state index is 11.6. The lowest BCUT2D eigenvalue weighted by Crippen LogP contribution is -2.32. The molecule has 0 aliphatic rings. The molecule has 0 radical (unpaired) electrons. The second-order valence-electron chi connectivity index (χ2n) is 7.33. The molecule has 0 aromatic carbocycles. The monoisotopic (exact) mass is 511 g/mol. The standard InChI is InChI=1S/C9H15NO2.C9H15O4P.C3H9O3P/c1-4-5-6-8(2)9(12)10(3)7-11;1-3-4-5-8(2)9(12)14(13,6-10)7-11;1-7(6,2-4)3-5/h8,11H,6-7H2,1-3H3;8,10-11H,5-7H2,1-2H3;4-5H,2-3H2,1H3. The second kappa shape index (κ2) is 19.9. The predicted molar refractivity (Wildman–Crippen MR) is 129 cm³/mol. The Balaban J connectivity index is -0.000000432. The minimum Gasteiger partial charge on any atom is -0.389 e. The van der Waals surface area contributed by atoms with Crippen molar-refractivity contribution in [3.05, 3.63) is 0 Å². The minimum atomic E-state index is -3.46. The van der Waals surface area contributed by atoms with Crippen LogP contribution in [0, 0.1) is 35.5 Å². The number of aliphatic hydroxyl groups is 5. The number of rotatable bonds is 10. The first kappa shape index (κ1) is 36.1. The van der Waals surface area contributed by atoms with Gasteiger partial charge in [0, 0.05) is 31.7 Å². The van der Waals surface area contributed by atoms with Gasteiger partial charge in [-0.25, -0.2) is 0 Å². The van der Waals surface area contributed by atoms with Crippen LogP contribution in [0.5, 0.6) is 0 Å². The Morgan fingerprint density at radius 1 is 0.818 bits per heavy atom. The molecule has 0 aliphatic carbocycles. The third-order valence-electron chi connectivity index (χ3n) is 4.06. The fourth-order valence-corrected chi connectivity index (χ4v) is 3.11. The van der Waals surface area contributed by atoms with Gasteiger partial charge in [0.1, 0.15) is 26.6 Å². The number of amides is 1. The molecule has 0 aliphatic heterocycles. The van der Waals surface area contributed by atoms with Crippen molar-refractivity contribution in [2.75, 3.05) is 45.8 Å². The van der Waals surface area contributed by atoms with Crippen LogP contribution < -0.4 is 0 Å². The molecule has 0 spiro atoms. The van der Waals surface area contributed by atoms with Gasteiger partial charge >= 0.3 is 0 Å². The van der Waals surface area contributed by atoms with Crippen molar-refractivity contribution in [1.82, 2.24) is 4.90 Å². The lowest BCUT2D eigenvalue weighted by Gasteiger charge is -2.16. The fraction of sp³-hybridized carbons (Fsp3) is 0.714. The summed E-state index contributed by atoms with van der Waals surface area (Å²) in [5, 5.41) is 42.5. The van der Waals surface area contributed by atoms with Crippen molar-refractivity contribution in [1.29, 1.82) is 0 Å². The molecule has 10 nitrogen and oxygen atoms in total. The molecule has 0 bridgehead atoms. The van der Waals surface area contributed by atoms with E-state index in [0.29, 0.717) is 12.8 Å². The van der Waals surface area contributed by atoms with E-state index in [4.69, 9.17) is 25.5 Å². The highest BCUT2D eigenvalue weighted by molar-refractivity contribution is 7.80. The van der Waals surface area contributed by atoms with E-state index in [1.807, 2.05) is 0 Å². The molecule has 1 amide bonds. The number of aliphatic hydroxyl groups excluding tert-OH is 5. The van der Waals surface area contributed by atoms with Gasteiger partial charge < -0.3 is 39.6 Å². The average molecular weight is 511 g/mol. The van der Waals surface area contributed by atoms with Gasteiger partial charge in [-0.3, -0.25) is 9.59 Å². The van der Waals surface area contributed by atoms with Crippen LogP contribution in [0.1, 0.15) is 40.5 Å². The van der Waals surface area contributed by atoms with Gasteiger partial charge in [-0.1, -0.05) is 13.8 Å². The summed E-state index contributed by atoms with van der Waals surface area (Å²) >= 11 is 0. The summed E-state index contributed by atoms with van der Waals surface area (Å²) in [5.74, 6) is 10.2. The van der Waals surface area contributed by atoms with E-state index >= 15 is 0 Å². The summed E-state index contributed by atoms with van der Waals surface area (Å²) < 4.78 is 22.0. The van der Waals surface area contributed by atoms with Gasteiger partial charge in [-0.2, -0.15) is 0 Å². The first-order chi connectivity index (χ1) is 15.3. The summed E-state index contributed by atoms with van der Waals surface area (Å²) in [4.78, 5) is 24.0. The topological polar surface area (TPSA) is 173 Å². The predicted octanol–water partition coefficient (Wildman–Crippen LogP) is 1.15. The van der Waals surface area contributed by atoms with Crippen molar-refractivity contribution >= 4 is 25.7 Å². The Hall–Kier alpha value is -1.48. The Bertz CT molecular complexity index is 777. The van der Waals surface area contributed by atoms with Gasteiger partial charge in [0.25, 0.3) is 0 Å². The van der Waals surface area contributed by atoms with Crippen molar-refractivity contribution in [2.24, 2.45) is 11.8 Å². The van der Waals surface area contributed by atoms with E-state index < -0.39 is 51.1 Å². The van der Waals surface area contributed by atoms with Gasteiger partial charge in [0.15, 0.2) is 12.7 Å². The molecular formula is C21H39NO9P2. The molecule has 0 rings (SSSR count). The normalized spacial score (nSPS) is 12.1. The molecule has 192 valence electrons. The van der Waals surface area contributed by atoms with Gasteiger partial charge in [-0.05, 0) is 20.5 Å². The lowest BCUT2D eigenvalue weighted by molar-refractivity contribution is -0.136. The molecule has 0 aromatic rings. The van der Waals surface area contributed by atoms with Crippen LogP contribution in [-0.4, -0.2) is 87.7 Å². The van der Waals surface area contributed by atoms with Gasteiger partial charge in [-0.15, -0.1) is 23.7 Å². The Morgan fingerprint density at radius 2 is 1.21 bits per heavy atom. The molecule has 0 saturated carbocycles. The number of hydrogen-bond donors (Lipinski definition) is 5. The summed E-state index contributed by atoms with van der Waals surface area (Å²) in [7, 11) is -4.44. The van der Waals surface area contributed by atoms with E-state index in [0.717, 1.165) is 0 Å².